The van der Waals surface area contributed by atoms with Crippen LogP contribution in [0.15, 0.2) is 42.7 Å². The summed E-state index contributed by atoms with van der Waals surface area (Å²) in [7, 11) is 0. The van der Waals surface area contributed by atoms with E-state index in [2.05, 4.69) is 10.3 Å². The molecule has 4 nitrogen and oxygen atoms in total. The fourth-order valence-electron chi connectivity index (χ4n) is 2.06. The van der Waals surface area contributed by atoms with Crippen molar-refractivity contribution in [3.05, 3.63) is 64.0 Å². The lowest BCUT2D eigenvalue weighted by Crippen LogP contribution is -2.12. The number of fused-ring (bicyclic) bond motifs is 1. The molecule has 0 aliphatic carbocycles. The summed E-state index contributed by atoms with van der Waals surface area (Å²) in [5.41, 5.74) is 2.66. The number of imidazole rings is 1. The number of aromatic nitrogens is 2. The lowest BCUT2D eigenvalue weighted by molar-refractivity contribution is 0.102. The van der Waals surface area contributed by atoms with Gasteiger partial charge in [-0.2, -0.15) is 0 Å². The van der Waals surface area contributed by atoms with Crippen LogP contribution in [-0.4, -0.2) is 15.3 Å². The maximum atomic E-state index is 12.3. The number of nitrogens with zero attached hydrogens (tertiary/aromatic N) is 2. The number of hydrogen-bond donors (Lipinski definition) is 1. The summed E-state index contributed by atoms with van der Waals surface area (Å²) in [6.45, 7) is 1.90. The summed E-state index contributed by atoms with van der Waals surface area (Å²) in [6, 6.07) is 8.41. The van der Waals surface area contributed by atoms with Crippen LogP contribution in [0.4, 0.5) is 5.69 Å². The van der Waals surface area contributed by atoms with Crippen molar-refractivity contribution in [2.24, 2.45) is 0 Å². The van der Waals surface area contributed by atoms with Crippen molar-refractivity contribution in [3.63, 3.8) is 0 Å². The molecule has 0 aliphatic heterocycles. The van der Waals surface area contributed by atoms with E-state index in [1.54, 1.807) is 18.2 Å². The number of rotatable bonds is 2. The molecule has 0 bridgehead atoms. The second kappa shape index (κ2) is 5.39. The number of benzene rings is 1. The molecule has 0 fully saturated rings. The lowest BCUT2D eigenvalue weighted by Gasteiger charge is -2.07. The number of carbonyl (C=O) groups excluding carboxylic acids is 1. The molecule has 0 spiro atoms. The molecule has 2 aromatic heterocycles. The summed E-state index contributed by atoms with van der Waals surface area (Å²) in [5.74, 6) is -0.262. The molecule has 21 heavy (non-hydrogen) atoms. The first kappa shape index (κ1) is 13.9. The van der Waals surface area contributed by atoms with Crippen molar-refractivity contribution in [3.8, 4) is 0 Å². The van der Waals surface area contributed by atoms with Crippen molar-refractivity contribution >= 4 is 40.4 Å². The van der Waals surface area contributed by atoms with Gasteiger partial charge >= 0.3 is 0 Å². The Morgan fingerprint density at radius 3 is 2.81 bits per heavy atom. The summed E-state index contributed by atoms with van der Waals surface area (Å²) in [4.78, 5) is 16.7. The number of pyridine rings is 1. The van der Waals surface area contributed by atoms with Gasteiger partial charge in [0.15, 0.2) is 5.65 Å². The van der Waals surface area contributed by atoms with E-state index in [1.165, 1.54) is 6.07 Å². The molecule has 2 heterocycles. The van der Waals surface area contributed by atoms with Crippen molar-refractivity contribution in [2.45, 2.75) is 6.92 Å². The normalized spacial score (nSPS) is 10.8. The Balaban J connectivity index is 1.94. The van der Waals surface area contributed by atoms with Crippen molar-refractivity contribution in [1.29, 1.82) is 0 Å². The largest absolute Gasteiger partial charge is 0.319 e. The molecule has 106 valence electrons. The quantitative estimate of drug-likeness (QED) is 0.769. The maximum absolute atomic E-state index is 12.3. The third kappa shape index (κ3) is 2.73. The Bertz CT molecular complexity index is 842. The number of halogens is 2. The fraction of sp³-hybridized carbons (Fsp3) is 0.0667. The third-order valence-corrected chi connectivity index (χ3v) is 3.77. The topological polar surface area (TPSA) is 46.4 Å². The average Bonchev–Trinajstić information content (AvgIpc) is 2.83. The number of hydrogen-bond acceptors (Lipinski definition) is 2. The van der Waals surface area contributed by atoms with Gasteiger partial charge in [-0.1, -0.05) is 23.2 Å². The zero-order chi connectivity index (χ0) is 15.0. The van der Waals surface area contributed by atoms with Crippen molar-refractivity contribution in [1.82, 2.24) is 9.38 Å². The van der Waals surface area contributed by atoms with Gasteiger partial charge in [0.2, 0.25) is 0 Å². The number of aryl methyl sites for hydroxylation is 1. The smallest absolute Gasteiger partial charge is 0.255 e. The molecule has 0 saturated carbocycles. The number of anilines is 1. The second-order valence-electron chi connectivity index (χ2n) is 4.62. The zero-order valence-electron chi connectivity index (χ0n) is 11.1. The molecule has 0 atom stereocenters. The first-order valence-electron chi connectivity index (χ1n) is 6.25. The van der Waals surface area contributed by atoms with Crippen molar-refractivity contribution < 1.29 is 4.79 Å². The van der Waals surface area contributed by atoms with E-state index in [9.17, 15) is 4.79 Å². The molecule has 6 heteroatoms. The first-order chi connectivity index (χ1) is 10.0. The van der Waals surface area contributed by atoms with E-state index >= 15 is 0 Å². The van der Waals surface area contributed by atoms with Crippen LogP contribution in [-0.2, 0) is 0 Å². The Hall–Kier alpha value is -2.04. The Morgan fingerprint density at radius 1 is 1.24 bits per heavy atom. The molecular weight excluding hydrogens is 309 g/mol. The van der Waals surface area contributed by atoms with Gasteiger partial charge in [0, 0.05) is 18.0 Å². The van der Waals surface area contributed by atoms with Gasteiger partial charge in [0.25, 0.3) is 5.91 Å². The van der Waals surface area contributed by atoms with E-state index in [-0.39, 0.29) is 5.91 Å². The predicted molar refractivity (Wildman–Crippen MR) is 84.3 cm³/mol. The summed E-state index contributed by atoms with van der Waals surface area (Å²) >= 11 is 11.8. The molecule has 0 aliphatic rings. The molecule has 0 unspecified atom stereocenters. The minimum Gasteiger partial charge on any atom is -0.319 e. The van der Waals surface area contributed by atoms with Crippen LogP contribution in [0.3, 0.4) is 0 Å². The highest BCUT2D eigenvalue weighted by molar-refractivity contribution is 6.42. The Kier molecular flexibility index (Phi) is 3.57. The van der Waals surface area contributed by atoms with Gasteiger partial charge in [-0.15, -0.1) is 0 Å². The molecule has 0 radical (unpaired) electrons. The van der Waals surface area contributed by atoms with Crippen LogP contribution in [0.5, 0.6) is 0 Å². The minimum atomic E-state index is -0.262. The highest BCUT2D eigenvalue weighted by atomic mass is 35.5. The highest BCUT2D eigenvalue weighted by Crippen LogP contribution is 2.23. The molecule has 1 aromatic carbocycles. The number of amides is 1. The SMILES string of the molecule is Cc1cn2cccc(NC(=O)c3ccc(Cl)c(Cl)c3)c2n1. The van der Waals surface area contributed by atoms with Crippen LogP contribution < -0.4 is 5.32 Å². The van der Waals surface area contributed by atoms with E-state index < -0.39 is 0 Å². The Morgan fingerprint density at radius 2 is 2.05 bits per heavy atom. The maximum Gasteiger partial charge on any atom is 0.255 e. The monoisotopic (exact) mass is 319 g/mol. The standard InChI is InChI=1S/C15H11Cl2N3O/c1-9-8-20-6-2-3-13(14(20)18-9)19-15(21)10-4-5-11(16)12(17)7-10/h2-8H,1H3,(H,19,21). The zero-order valence-corrected chi connectivity index (χ0v) is 12.6. The molecule has 1 amide bonds. The first-order valence-corrected chi connectivity index (χ1v) is 7.01. The molecule has 3 aromatic rings. The van der Waals surface area contributed by atoms with E-state index in [4.69, 9.17) is 23.2 Å². The van der Waals surface area contributed by atoms with E-state index in [0.29, 0.717) is 26.9 Å². The van der Waals surface area contributed by atoms with Gasteiger partial charge in [0.1, 0.15) is 0 Å². The van der Waals surface area contributed by atoms with Gasteiger partial charge in [0.05, 0.1) is 21.4 Å². The van der Waals surface area contributed by atoms with Crippen LogP contribution >= 0.6 is 23.2 Å². The summed E-state index contributed by atoms with van der Waals surface area (Å²) < 4.78 is 1.86. The highest BCUT2D eigenvalue weighted by Gasteiger charge is 2.11. The van der Waals surface area contributed by atoms with Crippen LogP contribution in [0.25, 0.3) is 5.65 Å². The second-order valence-corrected chi connectivity index (χ2v) is 5.43. The van der Waals surface area contributed by atoms with Gasteiger partial charge in [-0.3, -0.25) is 4.79 Å². The van der Waals surface area contributed by atoms with Crippen LogP contribution in [0.2, 0.25) is 10.0 Å². The summed E-state index contributed by atoms with van der Waals surface area (Å²) in [5, 5.41) is 3.60. The molecular formula is C15H11Cl2N3O. The lowest BCUT2D eigenvalue weighted by atomic mass is 10.2. The van der Waals surface area contributed by atoms with Crippen molar-refractivity contribution in [2.75, 3.05) is 5.32 Å². The van der Waals surface area contributed by atoms with E-state index in [0.717, 1.165) is 5.69 Å². The van der Waals surface area contributed by atoms with E-state index in [1.807, 2.05) is 29.8 Å². The predicted octanol–water partition coefficient (Wildman–Crippen LogP) is 4.20. The minimum absolute atomic E-state index is 0.262. The number of nitrogens with one attached hydrogen (secondary N) is 1. The summed E-state index contributed by atoms with van der Waals surface area (Å²) in [6.07, 6.45) is 3.77. The van der Waals surface area contributed by atoms with Crippen LogP contribution in [0, 0.1) is 6.92 Å². The average molecular weight is 320 g/mol. The number of carbonyl (C=O) groups is 1. The molecule has 1 N–H and O–H groups in total. The van der Waals surface area contributed by atoms with Gasteiger partial charge in [-0.05, 0) is 37.3 Å². The fourth-order valence-corrected chi connectivity index (χ4v) is 2.36. The molecule has 0 saturated heterocycles. The third-order valence-electron chi connectivity index (χ3n) is 3.03. The molecule has 3 rings (SSSR count). The van der Waals surface area contributed by atoms with Gasteiger partial charge < -0.3 is 9.72 Å². The Labute approximate surface area is 131 Å². The van der Waals surface area contributed by atoms with Gasteiger partial charge in [-0.25, -0.2) is 4.98 Å². The van der Waals surface area contributed by atoms with Crippen LogP contribution in [0.1, 0.15) is 16.1 Å².